The van der Waals surface area contributed by atoms with Gasteiger partial charge in [0, 0.05) is 25.8 Å². The molecular formula is C10H13F2NO. The normalized spacial score (nSPS) is 10.5. The van der Waals surface area contributed by atoms with E-state index in [1.807, 2.05) is 0 Å². The molecule has 2 nitrogen and oxygen atoms in total. The first kappa shape index (κ1) is 11.1. The van der Waals surface area contributed by atoms with Crippen molar-refractivity contribution in [1.29, 1.82) is 0 Å². The maximum atomic E-state index is 13.1. The van der Waals surface area contributed by atoms with Crippen LogP contribution in [0, 0.1) is 11.6 Å². The standard InChI is InChI=1S/C10H13F2NO/c1-14-6-5-13-7-8-3-2-4-9(11)10(8)12/h2-4,13H,5-7H2,1H3. The molecule has 0 amide bonds. The van der Waals surface area contributed by atoms with Crippen LogP contribution in [-0.2, 0) is 11.3 Å². The second-order valence-electron chi connectivity index (χ2n) is 2.88. The Kier molecular flexibility index (Phi) is 4.49. The summed E-state index contributed by atoms with van der Waals surface area (Å²) in [6.07, 6.45) is 0. The van der Waals surface area contributed by atoms with Crippen LogP contribution in [0.1, 0.15) is 5.56 Å². The van der Waals surface area contributed by atoms with Gasteiger partial charge in [-0.15, -0.1) is 0 Å². The van der Waals surface area contributed by atoms with Gasteiger partial charge in [0.1, 0.15) is 0 Å². The zero-order chi connectivity index (χ0) is 10.4. The number of hydrogen-bond donors (Lipinski definition) is 1. The van der Waals surface area contributed by atoms with Gasteiger partial charge in [0.2, 0.25) is 0 Å². The third-order valence-corrected chi connectivity index (χ3v) is 1.83. The molecule has 0 saturated heterocycles. The van der Waals surface area contributed by atoms with Crippen molar-refractivity contribution < 1.29 is 13.5 Å². The lowest BCUT2D eigenvalue weighted by Crippen LogP contribution is -2.19. The molecule has 0 aliphatic heterocycles. The molecule has 0 bridgehead atoms. The van der Waals surface area contributed by atoms with E-state index in [1.165, 1.54) is 6.07 Å². The van der Waals surface area contributed by atoms with Crippen molar-refractivity contribution in [3.8, 4) is 0 Å². The number of ether oxygens (including phenoxy) is 1. The molecule has 0 aliphatic rings. The summed E-state index contributed by atoms with van der Waals surface area (Å²) >= 11 is 0. The van der Waals surface area contributed by atoms with E-state index in [0.717, 1.165) is 6.07 Å². The lowest BCUT2D eigenvalue weighted by atomic mass is 10.2. The summed E-state index contributed by atoms with van der Waals surface area (Å²) in [5.41, 5.74) is 0.334. The quantitative estimate of drug-likeness (QED) is 0.732. The van der Waals surface area contributed by atoms with Gasteiger partial charge in [-0.25, -0.2) is 8.78 Å². The van der Waals surface area contributed by atoms with Gasteiger partial charge < -0.3 is 10.1 Å². The van der Waals surface area contributed by atoms with E-state index >= 15 is 0 Å². The van der Waals surface area contributed by atoms with Crippen LogP contribution in [0.3, 0.4) is 0 Å². The van der Waals surface area contributed by atoms with Gasteiger partial charge in [-0.2, -0.15) is 0 Å². The minimum absolute atomic E-state index is 0.312. The lowest BCUT2D eigenvalue weighted by Gasteiger charge is -2.05. The second kappa shape index (κ2) is 5.67. The van der Waals surface area contributed by atoms with Crippen molar-refractivity contribution in [3.05, 3.63) is 35.4 Å². The second-order valence-corrected chi connectivity index (χ2v) is 2.88. The topological polar surface area (TPSA) is 21.3 Å². The number of rotatable bonds is 5. The molecule has 0 aromatic heterocycles. The Morgan fingerprint density at radius 1 is 1.36 bits per heavy atom. The van der Waals surface area contributed by atoms with Crippen LogP contribution in [0.5, 0.6) is 0 Å². The Labute approximate surface area is 81.9 Å². The molecule has 0 spiro atoms. The molecule has 1 N–H and O–H groups in total. The van der Waals surface area contributed by atoms with Crippen molar-refractivity contribution >= 4 is 0 Å². The molecule has 1 rings (SSSR count). The molecule has 0 unspecified atom stereocenters. The predicted molar refractivity (Wildman–Crippen MR) is 49.9 cm³/mol. The van der Waals surface area contributed by atoms with Gasteiger partial charge in [-0.05, 0) is 6.07 Å². The Morgan fingerprint density at radius 2 is 2.14 bits per heavy atom. The van der Waals surface area contributed by atoms with Crippen LogP contribution in [-0.4, -0.2) is 20.3 Å². The molecule has 0 radical (unpaired) electrons. The van der Waals surface area contributed by atoms with Crippen LogP contribution in [0.15, 0.2) is 18.2 Å². The minimum atomic E-state index is -0.809. The zero-order valence-corrected chi connectivity index (χ0v) is 8.02. The SMILES string of the molecule is COCCNCc1cccc(F)c1F. The number of nitrogens with one attached hydrogen (secondary N) is 1. The fraction of sp³-hybridized carbons (Fsp3) is 0.400. The molecule has 0 aliphatic carbocycles. The van der Waals surface area contributed by atoms with Crippen molar-refractivity contribution in [2.45, 2.75) is 6.54 Å². The van der Waals surface area contributed by atoms with Crippen LogP contribution in [0.25, 0.3) is 0 Å². The fourth-order valence-electron chi connectivity index (χ4n) is 1.08. The van der Waals surface area contributed by atoms with Crippen LogP contribution in [0.2, 0.25) is 0 Å². The summed E-state index contributed by atoms with van der Waals surface area (Å²) in [4.78, 5) is 0. The molecule has 14 heavy (non-hydrogen) atoms. The van der Waals surface area contributed by atoms with E-state index in [2.05, 4.69) is 5.32 Å². The van der Waals surface area contributed by atoms with Gasteiger partial charge in [0.15, 0.2) is 11.6 Å². The first-order valence-corrected chi connectivity index (χ1v) is 4.38. The Hall–Kier alpha value is -1.00. The van der Waals surface area contributed by atoms with Crippen LogP contribution in [0.4, 0.5) is 8.78 Å². The van der Waals surface area contributed by atoms with Crippen molar-refractivity contribution in [3.63, 3.8) is 0 Å². The Morgan fingerprint density at radius 3 is 2.86 bits per heavy atom. The molecule has 1 aromatic carbocycles. The van der Waals surface area contributed by atoms with Gasteiger partial charge in [0.25, 0.3) is 0 Å². The van der Waals surface area contributed by atoms with Gasteiger partial charge in [-0.3, -0.25) is 0 Å². The lowest BCUT2D eigenvalue weighted by molar-refractivity contribution is 0.199. The summed E-state index contributed by atoms with van der Waals surface area (Å²) in [5.74, 6) is -1.59. The van der Waals surface area contributed by atoms with E-state index in [-0.39, 0.29) is 0 Å². The largest absolute Gasteiger partial charge is 0.383 e. The summed E-state index contributed by atoms with van der Waals surface area (Å²) in [6.45, 7) is 1.48. The van der Waals surface area contributed by atoms with Crippen LogP contribution >= 0.6 is 0 Å². The molecular weight excluding hydrogens is 188 g/mol. The van der Waals surface area contributed by atoms with E-state index in [9.17, 15) is 8.78 Å². The molecule has 1 aromatic rings. The summed E-state index contributed by atoms with van der Waals surface area (Å²) in [7, 11) is 1.59. The summed E-state index contributed by atoms with van der Waals surface area (Å²) in [6, 6.07) is 4.15. The highest BCUT2D eigenvalue weighted by Crippen LogP contribution is 2.10. The smallest absolute Gasteiger partial charge is 0.163 e. The summed E-state index contributed by atoms with van der Waals surface area (Å²) < 4.78 is 30.6. The van der Waals surface area contributed by atoms with Gasteiger partial charge >= 0.3 is 0 Å². The average Bonchev–Trinajstić information content (AvgIpc) is 2.19. The number of halogens is 2. The van der Waals surface area contributed by atoms with Crippen molar-refractivity contribution in [2.24, 2.45) is 0 Å². The molecule has 4 heteroatoms. The van der Waals surface area contributed by atoms with Gasteiger partial charge in [0.05, 0.1) is 6.61 Å². The highest BCUT2D eigenvalue weighted by atomic mass is 19.2. The van der Waals surface area contributed by atoms with Crippen molar-refractivity contribution in [1.82, 2.24) is 5.32 Å². The van der Waals surface area contributed by atoms with Crippen molar-refractivity contribution in [2.75, 3.05) is 20.3 Å². The van der Waals surface area contributed by atoms with E-state index in [4.69, 9.17) is 4.74 Å². The van der Waals surface area contributed by atoms with E-state index in [1.54, 1.807) is 13.2 Å². The molecule has 0 saturated carbocycles. The first-order valence-electron chi connectivity index (χ1n) is 4.38. The van der Waals surface area contributed by atoms with E-state index < -0.39 is 11.6 Å². The minimum Gasteiger partial charge on any atom is -0.383 e. The Balaban J connectivity index is 2.46. The average molecular weight is 201 g/mol. The zero-order valence-electron chi connectivity index (χ0n) is 8.02. The monoisotopic (exact) mass is 201 g/mol. The molecule has 0 heterocycles. The highest BCUT2D eigenvalue weighted by Gasteiger charge is 2.05. The maximum absolute atomic E-state index is 13.1. The number of benzene rings is 1. The fourth-order valence-corrected chi connectivity index (χ4v) is 1.08. The summed E-state index contributed by atoms with van der Waals surface area (Å²) in [5, 5.41) is 2.94. The number of hydrogen-bond acceptors (Lipinski definition) is 2. The number of methoxy groups -OCH3 is 1. The predicted octanol–water partition coefficient (Wildman–Crippen LogP) is 1.70. The third-order valence-electron chi connectivity index (χ3n) is 1.83. The molecule has 0 fully saturated rings. The molecule has 78 valence electrons. The molecule has 0 atom stereocenters. The third kappa shape index (κ3) is 3.05. The van der Waals surface area contributed by atoms with Crippen LogP contribution < -0.4 is 5.32 Å². The Bertz CT molecular complexity index is 291. The van der Waals surface area contributed by atoms with E-state index in [0.29, 0.717) is 25.3 Å². The van der Waals surface area contributed by atoms with Gasteiger partial charge in [-0.1, -0.05) is 12.1 Å². The first-order chi connectivity index (χ1) is 6.75. The highest BCUT2D eigenvalue weighted by molar-refractivity contribution is 5.18. The maximum Gasteiger partial charge on any atom is 0.163 e.